The first kappa shape index (κ1) is 20.1. The zero-order chi connectivity index (χ0) is 18.8. The van der Waals surface area contributed by atoms with Crippen LogP contribution in [0.15, 0.2) is 23.1 Å². The highest BCUT2D eigenvalue weighted by Crippen LogP contribution is 2.24. The van der Waals surface area contributed by atoms with Crippen LogP contribution in [0, 0.1) is 11.6 Å². The fourth-order valence-corrected chi connectivity index (χ4v) is 4.51. The zero-order valence-electron chi connectivity index (χ0n) is 14.5. The molecule has 0 radical (unpaired) electrons. The maximum absolute atomic E-state index is 13.3. The third kappa shape index (κ3) is 5.15. The minimum Gasteiger partial charge on any atom is -0.339 e. The Morgan fingerprint density at radius 1 is 1.12 bits per heavy atom. The van der Waals surface area contributed by atoms with Crippen molar-refractivity contribution >= 4 is 27.7 Å². The van der Waals surface area contributed by atoms with Crippen molar-refractivity contribution in [1.82, 2.24) is 9.21 Å². The summed E-state index contributed by atoms with van der Waals surface area (Å²) in [4.78, 5) is 13.6. The molecule has 2 rings (SSSR count). The molecule has 1 aromatic carbocycles. The first-order valence-corrected chi connectivity index (χ1v) is 10.3. The number of nitrogens with zero attached hydrogens (tertiary/aromatic N) is 2. The monoisotopic (exact) mass is 392 g/mol. The smallest absolute Gasteiger partial charge is 0.243 e. The van der Waals surface area contributed by atoms with Crippen molar-refractivity contribution in [1.29, 1.82) is 0 Å². The Hall–Kier alpha value is -1.19. The van der Waals surface area contributed by atoms with Crippen molar-refractivity contribution in [2.75, 3.05) is 31.9 Å². The van der Waals surface area contributed by atoms with Gasteiger partial charge >= 0.3 is 0 Å². The van der Waals surface area contributed by atoms with E-state index in [9.17, 15) is 22.0 Å². The summed E-state index contributed by atoms with van der Waals surface area (Å²) >= 11 is 1.54. The van der Waals surface area contributed by atoms with E-state index in [0.29, 0.717) is 11.8 Å². The molecule has 5 nitrogen and oxygen atoms in total. The minimum atomic E-state index is -3.90. The van der Waals surface area contributed by atoms with Crippen LogP contribution in [0.1, 0.15) is 20.8 Å². The molecule has 0 N–H and O–H groups in total. The number of carbonyl (C=O) groups excluding carboxylic acids is 1. The molecule has 0 aromatic heterocycles. The second kappa shape index (κ2) is 7.59. The number of hydrogen-bond acceptors (Lipinski definition) is 4. The fourth-order valence-electron chi connectivity index (χ4n) is 2.33. The Kier molecular flexibility index (Phi) is 6.11. The summed E-state index contributed by atoms with van der Waals surface area (Å²) in [5, 5.41) is 0. The van der Waals surface area contributed by atoms with Crippen LogP contribution in [0.25, 0.3) is 0 Å². The van der Waals surface area contributed by atoms with Crippen LogP contribution in [0.2, 0.25) is 0 Å². The molecule has 1 heterocycles. The van der Waals surface area contributed by atoms with Gasteiger partial charge in [-0.3, -0.25) is 4.79 Å². The molecular formula is C16H22F2N2O3S2. The molecule has 0 bridgehead atoms. The molecule has 1 saturated heterocycles. The van der Waals surface area contributed by atoms with Gasteiger partial charge in [0.2, 0.25) is 15.9 Å². The van der Waals surface area contributed by atoms with Crippen molar-refractivity contribution in [3.8, 4) is 0 Å². The quantitative estimate of drug-likeness (QED) is 0.789. The summed E-state index contributed by atoms with van der Waals surface area (Å²) in [6.07, 6.45) is 0. The van der Waals surface area contributed by atoms with E-state index in [0.717, 1.165) is 12.1 Å². The van der Waals surface area contributed by atoms with Crippen LogP contribution >= 0.6 is 11.8 Å². The number of thioether (sulfide) groups is 1. The third-order valence-electron chi connectivity index (χ3n) is 3.75. The van der Waals surface area contributed by atoms with Crippen LogP contribution < -0.4 is 0 Å². The second-order valence-electron chi connectivity index (χ2n) is 6.76. The lowest BCUT2D eigenvalue weighted by Gasteiger charge is -2.34. The molecule has 1 aromatic rings. The molecule has 25 heavy (non-hydrogen) atoms. The van der Waals surface area contributed by atoms with E-state index in [1.165, 1.54) is 4.31 Å². The number of hydrogen-bond donors (Lipinski definition) is 0. The normalized spacial score (nSPS) is 16.9. The molecule has 0 unspecified atom stereocenters. The van der Waals surface area contributed by atoms with Crippen molar-refractivity contribution in [3.05, 3.63) is 29.8 Å². The molecule has 1 amide bonds. The van der Waals surface area contributed by atoms with Crippen molar-refractivity contribution < 1.29 is 22.0 Å². The molecule has 140 valence electrons. The number of benzene rings is 1. The summed E-state index contributed by atoms with van der Waals surface area (Å²) in [5.74, 6) is -1.97. The average Bonchev–Trinajstić information content (AvgIpc) is 2.54. The molecule has 1 fully saturated rings. The van der Waals surface area contributed by atoms with Gasteiger partial charge in [0.25, 0.3) is 0 Å². The van der Waals surface area contributed by atoms with Crippen LogP contribution in [-0.4, -0.2) is 60.2 Å². The van der Waals surface area contributed by atoms with Gasteiger partial charge in [0.05, 0.1) is 10.6 Å². The van der Waals surface area contributed by atoms with Gasteiger partial charge in [0.15, 0.2) is 11.6 Å². The van der Waals surface area contributed by atoms with E-state index in [-0.39, 0.29) is 41.7 Å². The van der Waals surface area contributed by atoms with Gasteiger partial charge in [-0.15, -0.1) is 11.8 Å². The molecule has 1 aliphatic heterocycles. The number of halogens is 2. The van der Waals surface area contributed by atoms with E-state index < -0.39 is 21.7 Å². The summed E-state index contributed by atoms with van der Waals surface area (Å²) < 4.78 is 52.5. The van der Waals surface area contributed by atoms with Crippen LogP contribution in [-0.2, 0) is 14.8 Å². The number of amides is 1. The Bertz CT molecular complexity index is 740. The summed E-state index contributed by atoms with van der Waals surface area (Å²) in [6, 6.07) is 2.53. The second-order valence-corrected chi connectivity index (χ2v) is 10.5. The Morgan fingerprint density at radius 2 is 1.72 bits per heavy atom. The largest absolute Gasteiger partial charge is 0.339 e. The lowest BCUT2D eigenvalue weighted by molar-refractivity contribution is -0.129. The number of piperazine rings is 1. The Balaban J connectivity index is 1.99. The topological polar surface area (TPSA) is 57.7 Å². The summed E-state index contributed by atoms with van der Waals surface area (Å²) in [6.45, 7) is 6.91. The van der Waals surface area contributed by atoms with Gasteiger partial charge in [-0.05, 0) is 18.2 Å². The van der Waals surface area contributed by atoms with E-state index in [1.807, 2.05) is 20.8 Å². The lowest BCUT2D eigenvalue weighted by Crippen LogP contribution is -2.51. The number of rotatable bonds is 4. The van der Waals surface area contributed by atoms with Crippen molar-refractivity contribution in [2.45, 2.75) is 30.4 Å². The number of sulfonamides is 1. The highest BCUT2D eigenvalue weighted by Gasteiger charge is 2.31. The van der Waals surface area contributed by atoms with Crippen LogP contribution in [0.5, 0.6) is 0 Å². The van der Waals surface area contributed by atoms with E-state index in [1.54, 1.807) is 16.7 Å². The van der Waals surface area contributed by atoms with Crippen molar-refractivity contribution in [3.63, 3.8) is 0 Å². The average molecular weight is 392 g/mol. The van der Waals surface area contributed by atoms with Gasteiger partial charge in [-0.25, -0.2) is 17.2 Å². The standard InChI is InChI=1S/C16H22F2N2O3S2/c1-16(2,3)24-11-15(21)19-6-8-20(9-7-19)25(22,23)12-4-5-13(17)14(18)10-12/h4-5,10H,6-9,11H2,1-3H3. The molecular weight excluding hydrogens is 370 g/mol. The van der Waals surface area contributed by atoms with E-state index in [4.69, 9.17) is 0 Å². The highest BCUT2D eigenvalue weighted by molar-refractivity contribution is 8.01. The van der Waals surface area contributed by atoms with Crippen LogP contribution in [0.4, 0.5) is 8.78 Å². The van der Waals surface area contributed by atoms with E-state index in [2.05, 4.69) is 0 Å². The third-order valence-corrected chi connectivity index (χ3v) is 6.90. The van der Waals surface area contributed by atoms with Gasteiger partial charge in [-0.2, -0.15) is 4.31 Å². The molecule has 1 aliphatic rings. The van der Waals surface area contributed by atoms with Gasteiger partial charge in [0.1, 0.15) is 0 Å². The molecule has 0 atom stereocenters. The minimum absolute atomic E-state index is 0.0204. The van der Waals surface area contributed by atoms with Crippen LogP contribution in [0.3, 0.4) is 0 Å². The molecule has 0 saturated carbocycles. The van der Waals surface area contributed by atoms with E-state index >= 15 is 0 Å². The zero-order valence-corrected chi connectivity index (χ0v) is 16.1. The first-order chi connectivity index (χ1) is 11.5. The van der Waals surface area contributed by atoms with Gasteiger partial charge in [-0.1, -0.05) is 20.8 Å². The maximum atomic E-state index is 13.3. The first-order valence-electron chi connectivity index (χ1n) is 7.88. The predicted octanol–water partition coefficient (Wildman–Crippen LogP) is 2.33. The lowest BCUT2D eigenvalue weighted by atomic mass is 10.3. The highest BCUT2D eigenvalue weighted by atomic mass is 32.2. The van der Waals surface area contributed by atoms with Crippen molar-refractivity contribution in [2.24, 2.45) is 0 Å². The molecule has 9 heteroatoms. The van der Waals surface area contributed by atoms with Gasteiger partial charge in [0, 0.05) is 30.9 Å². The number of carbonyl (C=O) groups is 1. The Morgan fingerprint density at radius 3 is 2.24 bits per heavy atom. The molecule has 0 spiro atoms. The Labute approximate surface area is 151 Å². The van der Waals surface area contributed by atoms with Gasteiger partial charge < -0.3 is 4.90 Å². The summed E-state index contributed by atoms with van der Waals surface area (Å²) in [5.41, 5.74) is 0. The predicted molar refractivity (Wildman–Crippen MR) is 93.9 cm³/mol. The fraction of sp³-hybridized carbons (Fsp3) is 0.562. The SMILES string of the molecule is CC(C)(C)SCC(=O)N1CCN(S(=O)(=O)c2ccc(F)c(F)c2)CC1. The maximum Gasteiger partial charge on any atom is 0.243 e. The summed E-state index contributed by atoms with van der Waals surface area (Å²) in [7, 11) is -3.90. The molecule has 0 aliphatic carbocycles.